The van der Waals surface area contributed by atoms with E-state index < -0.39 is 41.8 Å². The van der Waals surface area contributed by atoms with Gasteiger partial charge >= 0.3 is 13.3 Å². The van der Waals surface area contributed by atoms with Gasteiger partial charge in [-0.15, -0.1) is 0 Å². The molecule has 0 amide bonds. The maximum atomic E-state index is 14.2. The lowest BCUT2D eigenvalue weighted by molar-refractivity contribution is -0.209. The van der Waals surface area contributed by atoms with E-state index in [0.29, 0.717) is 0 Å². The summed E-state index contributed by atoms with van der Waals surface area (Å²) in [4.78, 5) is 3.70. The van der Waals surface area contributed by atoms with Crippen LogP contribution in [0.1, 0.15) is 40.5 Å². The maximum absolute atomic E-state index is 14.2. The van der Waals surface area contributed by atoms with Crippen molar-refractivity contribution in [3.63, 3.8) is 0 Å². The Balaban J connectivity index is 1.80. The molecule has 2 fully saturated rings. The maximum Gasteiger partial charge on any atom is 0.496 e. The lowest BCUT2D eigenvalue weighted by atomic mass is 9.80. The first-order chi connectivity index (χ1) is 10.9. The second-order valence-electron chi connectivity index (χ2n) is 7.24. The molecule has 1 saturated heterocycles. The number of nitrogens with zero attached hydrogens (tertiary/aromatic N) is 1. The summed E-state index contributed by atoms with van der Waals surface area (Å²) in [6.07, 6.45) is -3.73. The van der Waals surface area contributed by atoms with Crippen molar-refractivity contribution < 1.29 is 31.6 Å². The van der Waals surface area contributed by atoms with E-state index >= 15 is 0 Å². The van der Waals surface area contributed by atoms with Crippen molar-refractivity contribution in [2.45, 2.75) is 63.5 Å². The number of hydrogen-bond acceptors (Lipinski definition) is 4. The first-order valence-corrected chi connectivity index (χ1v) is 7.64. The van der Waals surface area contributed by atoms with Crippen LogP contribution in [0.25, 0.3) is 0 Å². The summed E-state index contributed by atoms with van der Waals surface area (Å²) >= 11 is 0. The average Bonchev–Trinajstić information content (AvgIpc) is 3.16. The van der Waals surface area contributed by atoms with Crippen LogP contribution < -0.4 is 10.2 Å². The van der Waals surface area contributed by atoms with Crippen LogP contribution in [0.5, 0.6) is 5.88 Å². The molecule has 132 valence electrons. The van der Waals surface area contributed by atoms with Gasteiger partial charge in [-0.25, -0.2) is 9.37 Å². The molecule has 0 atom stereocenters. The Morgan fingerprint density at radius 3 is 2.08 bits per heavy atom. The number of pyridine rings is 1. The van der Waals surface area contributed by atoms with Crippen LogP contribution in [0.2, 0.25) is 0 Å². The number of aromatic nitrogens is 1. The zero-order chi connectivity index (χ0) is 18.0. The molecule has 4 nitrogen and oxygen atoms in total. The van der Waals surface area contributed by atoms with E-state index in [1.54, 1.807) is 0 Å². The third kappa shape index (κ3) is 2.77. The molecule has 0 unspecified atom stereocenters. The van der Waals surface area contributed by atoms with Crippen molar-refractivity contribution in [1.82, 2.24) is 4.98 Å². The molecular formula is C15H18BF4NO3. The van der Waals surface area contributed by atoms with E-state index in [1.807, 2.05) is 27.7 Å². The first-order valence-electron chi connectivity index (χ1n) is 7.64. The largest absolute Gasteiger partial charge is 0.496 e. The second-order valence-corrected chi connectivity index (χ2v) is 7.24. The van der Waals surface area contributed by atoms with E-state index in [1.165, 1.54) is 6.20 Å². The van der Waals surface area contributed by atoms with Crippen LogP contribution in [0.4, 0.5) is 17.6 Å². The number of ether oxygens (including phenoxy) is 1. The minimum atomic E-state index is -4.55. The fourth-order valence-electron chi connectivity index (χ4n) is 2.37. The lowest BCUT2D eigenvalue weighted by Crippen LogP contribution is -2.41. The smallest absolute Gasteiger partial charge is 0.459 e. The van der Waals surface area contributed by atoms with Gasteiger partial charge in [-0.05, 0) is 33.8 Å². The summed E-state index contributed by atoms with van der Waals surface area (Å²) in [7, 11) is -0.844. The third-order valence-corrected chi connectivity index (χ3v) is 4.87. The van der Waals surface area contributed by atoms with E-state index in [-0.39, 0.29) is 18.3 Å². The number of halogens is 4. The van der Waals surface area contributed by atoms with Crippen LogP contribution in [0.15, 0.2) is 12.3 Å². The van der Waals surface area contributed by atoms with Crippen molar-refractivity contribution in [1.29, 1.82) is 0 Å². The average molecular weight is 347 g/mol. The zero-order valence-electron chi connectivity index (χ0n) is 13.8. The lowest BCUT2D eigenvalue weighted by Gasteiger charge is -2.32. The van der Waals surface area contributed by atoms with Gasteiger partial charge in [0, 0.05) is 24.5 Å². The van der Waals surface area contributed by atoms with Gasteiger partial charge in [0.05, 0.1) is 11.2 Å². The normalized spacial score (nSPS) is 24.1. The van der Waals surface area contributed by atoms with Crippen molar-refractivity contribution in [3.05, 3.63) is 18.1 Å². The van der Waals surface area contributed by atoms with Crippen LogP contribution >= 0.6 is 0 Å². The Bertz CT molecular complexity index is 643. The van der Waals surface area contributed by atoms with Crippen molar-refractivity contribution in [3.8, 4) is 5.88 Å². The van der Waals surface area contributed by atoms with Crippen molar-refractivity contribution in [2.24, 2.45) is 0 Å². The summed E-state index contributed by atoms with van der Waals surface area (Å²) in [6.45, 7) is 7.37. The summed E-state index contributed by atoms with van der Waals surface area (Å²) in [5.41, 5.74) is -3.25. The summed E-state index contributed by atoms with van der Waals surface area (Å²) in [5.74, 6) is -1.64. The molecule has 9 heteroatoms. The minimum absolute atomic E-state index is 0.198. The standard InChI is InChI=1S/C15H18BF4NO3/c1-12(2)13(3,4)24-16(23-12)9-7-10(17)11(21-8-9)22-14(5-6-14)15(18,19)20/h7-8H,5-6H2,1-4H3. The van der Waals surface area contributed by atoms with Gasteiger partial charge in [0.15, 0.2) is 5.82 Å². The Morgan fingerprint density at radius 1 is 1.12 bits per heavy atom. The van der Waals surface area contributed by atoms with Crippen LogP contribution in [0, 0.1) is 5.82 Å². The molecule has 0 bridgehead atoms. The van der Waals surface area contributed by atoms with E-state index in [9.17, 15) is 17.6 Å². The highest BCUT2D eigenvalue weighted by Gasteiger charge is 2.66. The molecule has 0 radical (unpaired) electrons. The Morgan fingerprint density at radius 2 is 1.67 bits per heavy atom. The SMILES string of the molecule is CC1(C)OB(c2cnc(OC3(C(F)(F)F)CC3)c(F)c2)OC1(C)C. The molecule has 3 rings (SSSR count). The topological polar surface area (TPSA) is 40.6 Å². The summed E-state index contributed by atoms with van der Waals surface area (Å²) < 4.78 is 69.2. The molecule has 0 N–H and O–H groups in total. The monoisotopic (exact) mass is 347 g/mol. The highest BCUT2D eigenvalue weighted by Crippen LogP contribution is 2.52. The predicted octanol–water partition coefficient (Wildman–Crippen LogP) is 2.99. The molecule has 1 aromatic rings. The minimum Gasteiger partial charge on any atom is -0.459 e. The van der Waals surface area contributed by atoms with Gasteiger partial charge in [0.25, 0.3) is 5.88 Å². The van der Waals surface area contributed by atoms with Gasteiger partial charge in [-0.3, -0.25) is 0 Å². The number of hydrogen-bond donors (Lipinski definition) is 0. The van der Waals surface area contributed by atoms with Gasteiger partial charge in [-0.1, -0.05) is 0 Å². The quantitative estimate of drug-likeness (QED) is 0.623. The van der Waals surface area contributed by atoms with Crippen LogP contribution in [-0.2, 0) is 9.31 Å². The fraction of sp³-hybridized carbons (Fsp3) is 0.667. The van der Waals surface area contributed by atoms with Crippen molar-refractivity contribution in [2.75, 3.05) is 0 Å². The molecule has 1 saturated carbocycles. The molecule has 2 heterocycles. The second kappa shape index (κ2) is 5.08. The number of alkyl halides is 3. The van der Waals surface area contributed by atoms with E-state index in [0.717, 1.165) is 6.07 Å². The summed E-state index contributed by atoms with van der Waals surface area (Å²) in [5, 5.41) is 0. The third-order valence-electron chi connectivity index (χ3n) is 4.87. The van der Waals surface area contributed by atoms with Gasteiger partial charge in [0.2, 0.25) is 5.60 Å². The Labute approximate surface area is 137 Å². The van der Waals surface area contributed by atoms with Gasteiger partial charge in [0.1, 0.15) is 0 Å². The predicted molar refractivity (Wildman–Crippen MR) is 78.6 cm³/mol. The highest BCUT2D eigenvalue weighted by molar-refractivity contribution is 6.62. The van der Waals surface area contributed by atoms with E-state index in [4.69, 9.17) is 14.0 Å². The molecule has 0 aromatic carbocycles. The Kier molecular flexibility index (Phi) is 3.70. The van der Waals surface area contributed by atoms with E-state index in [2.05, 4.69) is 4.98 Å². The first kappa shape index (κ1) is 17.5. The molecular weight excluding hydrogens is 329 g/mol. The molecule has 0 spiro atoms. The Hall–Kier alpha value is -1.35. The molecule has 2 aliphatic rings. The molecule has 1 aliphatic heterocycles. The van der Waals surface area contributed by atoms with Gasteiger partial charge in [-0.2, -0.15) is 13.2 Å². The number of rotatable bonds is 3. The van der Waals surface area contributed by atoms with Crippen molar-refractivity contribution >= 4 is 12.6 Å². The highest BCUT2D eigenvalue weighted by atomic mass is 19.4. The fourth-order valence-corrected chi connectivity index (χ4v) is 2.37. The van der Waals surface area contributed by atoms with Crippen LogP contribution in [0.3, 0.4) is 0 Å². The van der Waals surface area contributed by atoms with Crippen LogP contribution in [-0.4, -0.2) is 35.1 Å². The summed E-state index contributed by atoms with van der Waals surface area (Å²) in [6, 6.07) is 1.04. The molecule has 24 heavy (non-hydrogen) atoms. The van der Waals surface area contributed by atoms with Gasteiger partial charge < -0.3 is 14.0 Å². The molecule has 1 aromatic heterocycles. The molecule has 1 aliphatic carbocycles. The zero-order valence-corrected chi connectivity index (χ0v) is 13.8.